The average Bonchev–Trinajstić information content (AvgIpc) is 2.55. The number of unbranched alkanes of at least 4 members (excludes halogenated alkanes) is 1. The predicted octanol–water partition coefficient (Wildman–Crippen LogP) is 4.16. The summed E-state index contributed by atoms with van der Waals surface area (Å²) in [6, 6.07) is 0. The quantitative estimate of drug-likeness (QED) is 0.329. The number of allylic oxidation sites excluding steroid dienone is 6. The fourth-order valence-electron chi connectivity index (χ4n) is 1.98. The fraction of sp³-hybridized carbons (Fsp3) is 0.550. The molecule has 3 N–H and O–H groups in total. The van der Waals surface area contributed by atoms with Crippen LogP contribution in [-0.4, -0.2) is 33.5 Å². The van der Waals surface area contributed by atoms with E-state index in [2.05, 4.69) is 6.08 Å². The van der Waals surface area contributed by atoms with E-state index in [-0.39, 0.29) is 6.42 Å². The lowest BCUT2D eigenvalue weighted by atomic mass is 10.1. The van der Waals surface area contributed by atoms with Crippen LogP contribution in [0.3, 0.4) is 0 Å². The van der Waals surface area contributed by atoms with Gasteiger partial charge in [0.15, 0.2) is 0 Å². The van der Waals surface area contributed by atoms with Gasteiger partial charge in [-0.25, -0.2) is 0 Å². The van der Waals surface area contributed by atoms with Gasteiger partial charge in [0.25, 0.3) is 0 Å². The second kappa shape index (κ2) is 16.2. The summed E-state index contributed by atoms with van der Waals surface area (Å²) in [5, 5.41) is 28.0. The Hall–Kier alpha value is -1.65. The molecule has 0 spiro atoms. The zero-order valence-corrected chi connectivity index (χ0v) is 14.7. The fourth-order valence-corrected chi connectivity index (χ4v) is 1.98. The summed E-state index contributed by atoms with van der Waals surface area (Å²) >= 11 is 0. The molecule has 0 aromatic carbocycles. The first-order valence-electron chi connectivity index (χ1n) is 8.75. The van der Waals surface area contributed by atoms with Crippen LogP contribution in [-0.2, 0) is 4.79 Å². The third-order valence-corrected chi connectivity index (χ3v) is 3.41. The molecule has 0 amide bonds. The van der Waals surface area contributed by atoms with E-state index in [1.54, 1.807) is 0 Å². The highest BCUT2D eigenvalue weighted by Crippen LogP contribution is 2.06. The van der Waals surface area contributed by atoms with Gasteiger partial charge in [-0.3, -0.25) is 4.79 Å². The molecule has 0 rings (SSSR count). The minimum atomic E-state index is -0.745. The number of rotatable bonds is 14. The number of aliphatic hydroxyl groups is 2. The van der Waals surface area contributed by atoms with E-state index in [0.29, 0.717) is 19.3 Å². The van der Waals surface area contributed by atoms with E-state index >= 15 is 0 Å². The highest BCUT2D eigenvalue weighted by Gasteiger charge is 2.12. The molecule has 0 saturated carbocycles. The standard InChI is InChI=1S/C20H32O4/c1-2-3-12-15-18(21)19(22)16-13-10-8-6-4-5-7-9-11-14-17-20(23)24/h3-4,6-7,9-10,12-13,18-19,21-22H,2,5,8,11,14-17H2,1H3,(H,23,24)/b6-4+,9-7-,12-3-,13-10-/t18-,19-/m1/s1. The largest absolute Gasteiger partial charge is 0.481 e. The summed E-state index contributed by atoms with van der Waals surface area (Å²) in [6.45, 7) is 2.03. The molecule has 0 heterocycles. The number of hydrogen-bond acceptors (Lipinski definition) is 3. The van der Waals surface area contributed by atoms with Gasteiger partial charge < -0.3 is 15.3 Å². The van der Waals surface area contributed by atoms with Crippen LogP contribution in [0.4, 0.5) is 0 Å². The monoisotopic (exact) mass is 336 g/mol. The summed E-state index contributed by atoms with van der Waals surface area (Å²) in [6.07, 6.45) is 19.7. The van der Waals surface area contributed by atoms with Crippen molar-refractivity contribution in [2.75, 3.05) is 0 Å². The van der Waals surface area contributed by atoms with Crippen molar-refractivity contribution < 1.29 is 20.1 Å². The second-order valence-corrected chi connectivity index (χ2v) is 5.66. The van der Waals surface area contributed by atoms with E-state index in [1.807, 2.05) is 49.5 Å². The molecule has 4 heteroatoms. The van der Waals surface area contributed by atoms with Crippen molar-refractivity contribution in [1.29, 1.82) is 0 Å². The molecular weight excluding hydrogens is 304 g/mol. The van der Waals surface area contributed by atoms with Gasteiger partial charge in [-0.15, -0.1) is 0 Å². The molecule has 0 aromatic rings. The van der Waals surface area contributed by atoms with E-state index in [0.717, 1.165) is 25.7 Å². The van der Waals surface area contributed by atoms with Crippen LogP contribution < -0.4 is 0 Å². The van der Waals surface area contributed by atoms with Gasteiger partial charge in [-0.05, 0) is 44.9 Å². The number of hydrogen-bond donors (Lipinski definition) is 3. The highest BCUT2D eigenvalue weighted by molar-refractivity contribution is 5.66. The van der Waals surface area contributed by atoms with Crippen molar-refractivity contribution in [2.45, 2.75) is 70.5 Å². The van der Waals surface area contributed by atoms with Gasteiger partial charge in [0, 0.05) is 6.42 Å². The summed E-state index contributed by atoms with van der Waals surface area (Å²) in [5.74, 6) is -0.745. The molecular formula is C20H32O4. The van der Waals surface area contributed by atoms with Gasteiger partial charge in [-0.1, -0.05) is 55.5 Å². The van der Waals surface area contributed by atoms with Gasteiger partial charge in [-0.2, -0.15) is 0 Å². The van der Waals surface area contributed by atoms with Crippen LogP contribution in [0.1, 0.15) is 58.3 Å². The third kappa shape index (κ3) is 15.3. The third-order valence-electron chi connectivity index (χ3n) is 3.41. The molecule has 2 atom stereocenters. The topological polar surface area (TPSA) is 77.8 Å². The highest BCUT2D eigenvalue weighted by atomic mass is 16.4. The van der Waals surface area contributed by atoms with E-state index in [9.17, 15) is 15.0 Å². The van der Waals surface area contributed by atoms with Crippen LogP contribution in [0.2, 0.25) is 0 Å². The summed E-state index contributed by atoms with van der Waals surface area (Å²) in [4.78, 5) is 10.3. The van der Waals surface area contributed by atoms with Gasteiger partial charge >= 0.3 is 5.97 Å². The Morgan fingerprint density at radius 2 is 1.33 bits per heavy atom. The predicted molar refractivity (Wildman–Crippen MR) is 98.8 cm³/mol. The Labute approximate surface area is 145 Å². The lowest BCUT2D eigenvalue weighted by molar-refractivity contribution is -0.137. The lowest BCUT2D eigenvalue weighted by Crippen LogP contribution is -2.24. The lowest BCUT2D eigenvalue weighted by Gasteiger charge is -2.14. The van der Waals surface area contributed by atoms with E-state index in [1.165, 1.54) is 0 Å². The Kier molecular flexibility index (Phi) is 15.1. The van der Waals surface area contributed by atoms with E-state index in [4.69, 9.17) is 5.11 Å². The van der Waals surface area contributed by atoms with Crippen LogP contribution in [0.15, 0.2) is 48.6 Å². The van der Waals surface area contributed by atoms with Crippen molar-refractivity contribution in [3.8, 4) is 0 Å². The van der Waals surface area contributed by atoms with Crippen LogP contribution in [0, 0.1) is 0 Å². The maximum Gasteiger partial charge on any atom is 0.303 e. The van der Waals surface area contributed by atoms with Crippen LogP contribution in [0.5, 0.6) is 0 Å². The second-order valence-electron chi connectivity index (χ2n) is 5.66. The van der Waals surface area contributed by atoms with Gasteiger partial charge in [0.1, 0.15) is 0 Å². The SMILES string of the molecule is CC/C=C\C[C@@H](O)[C@H](O)C/C=C\C/C=C/C/C=C\CCCC(=O)O. The molecule has 0 bridgehead atoms. The molecule has 0 saturated heterocycles. The van der Waals surface area contributed by atoms with Crippen molar-refractivity contribution in [3.05, 3.63) is 48.6 Å². The molecule has 24 heavy (non-hydrogen) atoms. The van der Waals surface area contributed by atoms with Crippen molar-refractivity contribution in [1.82, 2.24) is 0 Å². The first-order chi connectivity index (χ1) is 11.6. The molecule has 4 nitrogen and oxygen atoms in total. The molecule has 0 radical (unpaired) electrons. The maximum atomic E-state index is 10.3. The number of aliphatic hydroxyl groups excluding tert-OH is 2. The summed E-state index contributed by atoms with van der Waals surface area (Å²) in [5.41, 5.74) is 0. The molecule has 0 unspecified atom stereocenters. The molecule has 0 aliphatic carbocycles. The molecule has 0 aliphatic rings. The minimum absolute atomic E-state index is 0.223. The van der Waals surface area contributed by atoms with Crippen LogP contribution >= 0.6 is 0 Å². The van der Waals surface area contributed by atoms with E-state index < -0.39 is 18.2 Å². The molecule has 0 fully saturated rings. The first kappa shape index (κ1) is 22.4. The smallest absolute Gasteiger partial charge is 0.303 e. The zero-order valence-electron chi connectivity index (χ0n) is 14.7. The number of carboxylic acids is 1. The Bertz CT molecular complexity index is 421. The van der Waals surface area contributed by atoms with Crippen molar-refractivity contribution in [2.24, 2.45) is 0 Å². The van der Waals surface area contributed by atoms with Crippen LogP contribution in [0.25, 0.3) is 0 Å². The number of aliphatic carboxylic acids is 1. The van der Waals surface area contributed by atoms with Gasteiger partial charge in [0.2, 0.25) is 0 Å². The Morgan fingerprint density at radius 3 is 1.88 bits per heavy atom. The van der Waals surface area contributed by atoms with Gasteiger partial charge in [0.05, 0.1) is 12.2 Å². The van der Waals surface area contributed by atoms with Crippen molar-refractivity contribution >= 4 is 5.97 Å². The zero-order chi connectivity index (χ0) is 18.0. The molecule has 0 aromatic heterocycles. The minimum Gasteiger partial charge on any atom is -0.481 e. The molecule has 0 aliphatic heterocycles. The Morgan fingerprint density at radius 1 is 0.833 bits per heavy atom. The maximum absolute atomic E-state index is 10.3. The first-order valence-corrected chi connectivity index (χ1v) is 8.75. The number of carbonyl (C=O) groups is 1. The molecule has 136 valence electrons. The summed E-state index contributed by atoms with van der Waals surface area (Å²) < 4.78 is 0. The number of carboxylic acid groups (broad SMARTS) is 1. The summed E-state index contributed by atoms with van der Waals surface area (Å²) in [7, 11) is 0. The average molecular weight is 336 g/mol. The Balaban J connectivity index is 3.68. The normalized spacial score (nSPS) is 15.1. The van der Waals surface area contributed by atoms with Crippen molar-refractivity contribution in [3.63, 3.8) is 0 Å².